The number of ether oxygens (including phenoxy) is 1. The lowest BCUT2D eigenvalue weighted by Crippen LogP contribution is -2.46. The fraction of sp³-hybridized carbons (Fsp3) is 0.471. The Kier molecular flexibility index (Phi) is 6.62. The van der Waals surface area contributed by atoms with Crippen molar-refractivity contribution in [3.05, 3.63) is 29.8 Å². The van der Waals surface area contributed by atoms with Crippen LogP contribution in [0.5, 0.6) is 5.75 Å². The normalized spacial score (nSPS) is 16.6. The van der Waals surface area contributed by atoms with Crippen molar-refractivity contribution in [3.63, 3.8) is 0 Å². The maximum Gasteiger partial charge on any atom is 0.315 e. The summed E-state index contributed by atoms with van der Waals surface area (Å²) >= 11 is 0. The van der Waals surface area contributed by atoms with E-state index in [4.69, 9.17) is 9.84 Å². The van der Waals surface area contributed by atoms with Gasteiger partial charge in [0, 0.05) is 26.1 Å². The second kappa shape index (κ2) is 8.91. The first-order valence-electron chi connectivity index (χ1n) is 8.17. The number of rotatable bonds is 8. The summed E-state index contributed by atoms with van der Waals surface area (Å²) in [6.07, 6.45) is 0.904. The highest BCUT2D eigenvalue weighted by molar-refractivity contribution is 5.88. The van der Waals surface area contributed by atoms with Gasteiger partial charge in [0.05, 0.1) is 7.11 Å². The first kappa shape index (κ1) is 18.6. The molecule has 1 aromatic rings. The van der Waals surface area contributed by atoms with E-state index in [1.165, 1.54) is 0 Å². The summed E-state index contributed by atoms with van der Waals surface area (Å²) in [5, 5.41) is 13.7. The Morgan fingerprint density at radius 3 is 2.68 bits per heavy atom. The van der Waals surface area contributed by atoms with Gasteiger partial charge in [-0.3, -0.25) is 9.59 Å². The molecule has 1 saturated heterocycles. The Bertz CT molecular complexity index is 617. The van der Waals surface area contributed by atoms with E-state index in [2.05, 4.69) is 10.6 Å². The largest absolute Gasteiger partial charge is 0.497 e. The fourth-order valence-corrected chi connectivity index (χ4v) is 2.63. The lowest BCUT2D eigenvalue weighted by molar-refractivity contribution is -0.137. The van der Waals surface area contributed by atoms with Crippen LogP contribution in [0, 0.1) is 0 Å². The zero-order chi connectivity index (χ0) is 18.2. The summed E-state index contributed by atoms with van der Waals surface area (Å²) in [5.41, 5.74) is 0.993. The maximum absolute atomic E-state index is 12.4. The maximum atomic E-state index is 12.4. The van der Waals surface area contributed by atoms with Crippen LogP contribution >= 0.6 is 0 Å². The van der Waals surface area contributed by atoms with Crippen LogP contribution in [0.2, 0.25) is 0 Å². The number of hydrogen-bond acceptors (Lipinski definition) is 4. The van der Waals surface area contributed by atoms with Crippen molar-refractivity contribution in [1.82, 2.24) is 15.5 Å². The summed E-state index contributed by atoms with van der Waals surface area (Å²) in [6, 6.07) is 6.50. The van der Waals surface area contributed by atoms with Crippen LogP contribution in [0.25, 0.3) is 0 Å². The highest BCUT2D eigenvalue weighted by atomic mass is 16.5. The minimum Gasteiger partial charge on any atom is -0.497 e. The predicted molar refractivity (Wildman–Crippen MR) is 90.2 cm³/mol. The number of benzene rings is 1. The van der Waals surface area contributed by atoms with Gasteiger partial charge in [-0.25, -0.2) is 4.79 Å². The molecule has 25 heavy (non-hydrogen) atoms. The second-order valence-corrected chi connectivity index (χ2v) is 5.85. The third kappa shape index (κ3) is 5.66. The van der Waals surface area contributed by atoms with Crippen molar-refractivity contribution in [3.8, 4) is 5.75 Å². The molecule has 2 rings (SSSR count). The highest BCUT2D eigenvalue weighted by Gasteiger charge is 2.32. The Hall–Kier alpha value is -2.77. The van der Waals surface area contributed by atoms with Gasteiger partial charge in [-0.05, 0) is 30.5 Å². The van der Waals surface area contributed by atoms with Gasteiger partial charge in [0.25, 0.3) is 0 Å². The van der Waals surface area contributed by atoms with Crippen LogP contribution in [0.15, 0.2) is 24.3 Å². The van der Waals surface area contributed by atoms with E-state index in [1.54, 1.807) is 12.0 Å². The van der Waals surface area contributed by atoms with Crippen molar-refractivity contribution < 1.29 is 24.2 Å². The summed E-state index contributed by atoms with van der Waals surface area (Å²) in [7, 11) is 1.60. The number of amides is 3. The number of methoxy groups -OCH3 is 1. The van der Waals surface area contributed by atoms with Crippen molar-refractivity contribution >= 4 is 17.9 Å². The van der Waals surface area contributed by atoms with Crippen LogP contribution in [0.1, 0.15) is 24.8 Å². The number of nitrogens with one attached hydrogen (secondary N) is 2. The van der Waals surface area contributed by atoms with E-state index < -0.39 is 18.0 Å². The van der Waals surface area contributed by atoms with Gasteiger partial charge in [0.2, 0.25) is 5.91 Å². The topological polar surface area (TPSA) is 108 Å². The Morgan fingerprint density at radius 1 is 1.32 bits per heavy atom. The van der Waals surface area contributed by atoms with Crippen LogP contribution in [0.4, 0.5) is 4.79 Å². The van der Waals surface area contributed by atoms with Crippen LogP contribution in [-0.2, 0) is 16.1 Å². The van der Waals surface area contributed by atoms with Crippen molar-refractivity contribution in [1.29, 1.82) is 0 Å². The molecule has 3 amide bonds. The second-order valence-electron chi connectivity index (χ2n) is 5.85. The zero-order valence-corrected chi connectivity index (χ0v) is 14.2. The molecule has 1 unspecified atom stereocenters. The minimum absolute atomic E-state index is 0.00171. The van der Waals surface area contributed by atoms with Gasteiger partial charge in [0.1, 0.15) is 11.8 Å². The number of nitrogens with zero attached hydrogens (tertiary/aromatic N) is 1. The Balaban J connectivity index is 1.76. The minimum atomic E-state index is -0.901. The molecule has 0 aliphatic carbocycles. The number of carboxylic acids is 1. The third-order valence-corrected chi connectivity index (χ3v) is 3.99. The van der Waals surface area contributed by atoms with Gasteiger partial charge in [-0.1, -0.05) is 12.1 Å². The van der Waals surface area contributed by atoms with E-state index in [-0.39, 0.29) is 18.9 Å². The first-order chi connectivity index (χ1) is 12.0. The van der Waals surface area contributed by atoms with Crippen LogP contribution in [-0.4, -0.2) is 54.2 Å². The number of urea groups is 1. The molecule has 1 aromatic carbocycles. The summed E-state index contributed by atoms with van der Waals surface area (Å²) in [4.78, 5) is 36.2. The van der Waals surface area contributed by atoms with Gasteiger partial charge < -0.3 is 25.4 Å². The molecular formula is C17H23N3O5. The van der Waals surface area contributed by atoms with Crippen molar-refractivity contribution in [2.45, 2.75) is 31.8 Å². The standard InChI is InChI=1S/C17H23N3O5/c1-25-13-6-4-12(5-7-13)11-20-10-8-14(16(20)23)19-17(24)18-9-2-3-15(21)22/h4-7,14H,2-3,8-11H2,1H3,(H,21,22)(H2,18,19,24). The lowest BCUT2D eigenvalue weighted by atomic mass is 10.2. The number of carboxylic acid groups (broad SMARTS) is 1. The number of carbonyl (C=O) groups is 3. The van der Waals surface area contributed by atoms with Gasteiger partial charge in [-0.2, -0.15) is 0 Å². The average Bonchev–Trinajstić information content (AvgIpc) is 2.92. The molecule has 0 aromatic heterocycles. The Morgan fingerprint density at radius 2 is 2.04 bits per heavy atom. The molecule has 1 atom stereocenters. The first-order valence-corrected chi connectivity index (χ1v) is 8.17. The van der Waals surface area contributed by atoms with Gasteiger partial charge >= 0.3 is 12.0 Å². The molecule has 8 nitrogen and oxygen atoms in total. The molecule has 1 heterocycles. The summed E-state index contributed by atoms with van der Waals surface area (Å²) in [5.74, 6) is -0.255. The Labute approximate surface area is 146 Å². The molecule has 3 N–H and O–H groups in total. The van der Waals surface area contributed by atoms with Gasteiger partial charge in [0.15, 0.2) is 0 Å². The third-order valence-electron chi connectivity index (χ3n) is 3.99. The molecule has 0 radical (unpaired) electrons. The number of hydrogen-bond donors (Lipinski definition) is 3. The molecule has 0 bridgehead atoms. The molecule has 0 spiro atoms. The number of carbonyl (C=O) groups excluding carboxylic acids is 2. The number of likely N-dealkylation sites (tertiary alicyclic amines) is 1. The summed E-state index contributed by atoms with van der Waals surface area (Å²) < 4.78 is 5.11. The molecule has 1 aliphatic heterocycles. The van der Waals surface area contributed by atoms with Crippen molar-refractivity contribution in [2.75, 3.05) is 20.2 Å². The van der Waals surface area contributed by atoms with Crippen molar-refractivity contribution in [2.24, 2.45) is 0 Å². The van der Waals surface area contributed by atoms with E-state index in [0.717, 1.165) is 11.3 Å². The lowest BCUT2D eigenvalue weighted by Gasteiger charge is -2.17. The monoisotopic (exact) mass is 349 g/mol. The van der Waals surface area contributed by atoms with E-state index in [9.17, 15) is 14.4 Å². The SMILES string of the molecule is COc1ccc(CN2CCC(NC(=O)NCCCC(=O)O)C2=O)cc1. The quantitative estimate of drug-likeness (QED) is 0.606. The molecule has 1 fully saturated rings. The van der Waals surface area contributed by atoms with Crippen LogP contribution in [0.3, 0.4) is 0 Å². The van der Waals surface area contributed by atoms with Crippen LogP contribution < -0.4 is 15.4 Å². The summed E-state index contributed by atoms with van der Waals surface area (Å²) in [6.45, 7) is 1.32. The average molecular weight is 349 g/mol. The molecular weight excluding hydrogens is 326 g/mol. The van der Waals surface area contributed by atoms with Gasteiger partial charge in [-0.15, -0.1) is 0 Å². The smallest absolute Gasteiger partial charge is 0.315 e. The predicted octanol–water partition coefficient (Wildman–Crippen LogP) is 0.960. The molecule has 1 aliphatic rings. The highest BCUT2D eigenvalue weighted by Crippen LogP contribution is 2.17. The number of aliphatic carboxylic acids is 1. The van der Waals surface area contributed by atoms with E-state index >= 15 is 0 Å². The zero-order valence-electron chi connectivity index (χ0n) is 14.2. The molecule has 136 valence electrons. The van der Waals surface area contributed by atoms with E-state index in [0.29, 0.717) is 25.9 Å². The fourth-order valence-electron chi connectivity index (χ4n) is 2.63. The van der Waals surface area contributed by atoms with E-state index in [1.807, 2.05) is 24.3 Å². The molecule has 8 heteroatoms. The molecule has 0 saturated carbocycles.